The molecule has 0 aromatic carbocycles. The summed E-state index contributed by atoms with van der Waals surface area (Å²) in [4.78, 5) is 36.7. The Morgan fingerprint density at radius 1 is 1.04 bits per heavy atom. The van der Waals surface area contributed by atoms with Crippen LogP contribution in [0.3, 0.4) is 0 Å². The van der Waals surface area contributed by atoms with E-state index < -0.39 is 0 Å². The van der Waals surface area contributed by atoms with E-state index in [4.69, 9.17) is 4.74 Å². The Balaban J connectivity index is 1.92. The molecule has 6 heteroatoms. The van der Waals surface area contributed by atoms with Gasteiger partial charge in [0.1, 0.15) is 0 Å². The minimum atomic E-state index is -0.332. The Morgan fingerprint density at radius 3 is 2.16 bits per heavy atom. The van der Waals surface area contributed by atoms with Gasteiger partial charge in [-0.1, -0.05) is 51.5 Å². The maximum atomic E-state index is 11.5. The number of carbonyl (C=O) groups is 1. The van der Waals surface area contributed by atoms with Gasteiger partial charge in [-0.05, 0) is 19.8 Å². The molecule has 1 rings (SSSR count). The van der Waals surface area contributed by atoms with Crippen LogP contribution in [0.25, 0.3) is 0 Å². The lowest BCUT2D eigenvalue weighted by Crippen LogP contribution is -2.33. The molecular weight excluding hydrogens is 320 g/mol. The predicted octanol–water partition coefficient (Wildman–Crippen LogP) is 3.17. The first kappa shape index (κ1) is 20.9. The maximum Gasteiger partial charge on any atom is 0.333 e. The predicted molar refractivity (Wildman–Crippen MR) is 98.6 cm³/mol. The van der Waals surface area contributed by atoms with Crippen LogP contribution in [0.2, 0.25) is 0 Å². The topological polar surface area (TPSA) is 81.2 Å². The van der Waals surface area contributed by atoms with Crippen LogP contribution in [0.4, 0.5) is 0 Å². The summed E-state index contributed by atoms with van der Waals surface area (Å²) in [5, 5.41) is 0. The fraction of sp³-hybridized carbons (Fsp3) is 0.632. The summed E-state index contributed by atoms with van der Waals surface area (Å²) in [6.45, 7) is 6.15. The molecule has 6 nitrogen and oxygen atoms in total. The average molecular weight is 350 g/mol. The molecule has 0 aliphatic carbocycles. The first-order chi connectivity index (χ1) is 12.0. The molecule has 0 radical (unpaired) electrons. The van der Waals surface area contributed by atoms with Gasteiger partial charge < -0.3 is 9.72 Å². The third kappa shape index (κ3) is 9.08. The number of rotatable bonds is 13. The molecule has 0 fully saturated rings. The van der Waals surface area contributed by atoms with E-state index in [1.807, 2.05) is 0 Å². The third-order valence-corrected chi connectivity index (χ3v) is 4.05. The monoisotopic (exact) mass is 350 g/mol. The molecule has 1 aromatic heterocycles. The number of nitrogens with zero attached hydrogens (tertiary/aromatic N) is 1. The lowest BCUT2D eigenvalue weighted by atomic mass is 10.1. The smallest absolute Gasteiger partial charge is 0.333 e. The first-order valence-electron chi connectivity index (χ1n) is 9.13. The first-order valence-corrected chi connectivity index (χ1v) is 9.13. The number of carbonyl (C=O) groups excluding carboxylic acids is 1. The van der Waals surface area contributed by atoms with Crippen molar-refractivity contribution in [2.24, 2.45) is 0 Å². The van der Waals surface area contributed by atoms with Crippen LogP contribution in [-0.4, -0.2) is 22.1 Å². The van der Waals surface area contributed by atoms with Crippen molar-refractivity contribution in [2.75, 3.05) is 6.61 Å². The average Bonchev–Trinajstić information content (AvgIpc) is 2.57. The lowest BCUT2D eigenvalue weighted by Gasteiger charge is -2.05. The van der Waals surface area contributed by atoms with Crippen LogP contribution in [0.5, 0.6) is 0 Å². The van der Waals surface area contributed by atoms with Gasteiger partial charge in [-0.25, -0.2) is 9.59 Å². The SMILES string of the molecule is C=C(C)C(=O)OCCCCCCCCCCCn1c(=O)cc[nH]c1=O. The number of hydrogen-bond acceptors (Lipinski definition) is 4. The molecular formula is C19H30N2O4. The number of esters is 1. The highest BCUT2D eigenvalue weighted by Crippen LogP contribution is 2.10. The van der Waals surface area contributed by atoms with Gasteiger partial charge in [-0.15, -0.1) is 0 Å². The number of aromatic amines is 1. The van der Waals surface area contributed by atoms with E-state index in [0.717, 1.165) is 38.5 Å². The van der Waals surface area contributed by atoms with Crippen LogP contribution < -0.4 is 11.2 Å². The molecule has 0 bridgehead atoms. The molecule has 1 heterocycles. The van der Waals surface area contributed by atoms with Crippen LogP contribution in [-0.2, 0) is 16.1 Å². The van der Waals surface area contributed by atoms with Gasteiger partial charge in [0.15, 0.2) is 0 Å². The van der Waals surface area contributed by atoms with Crippen LogP contribution >= 0.6 is 0 Å². The second kappa shape index (κ2) is 12.3. The zero-order valence-electron chi connectivity index (χ0n) is 15.2. The minimum Gasteiger partial charge on any atom is -0.462 e. The van der Waals surface area contributed by atoms with Gasteiger partial charge in [0, 0.05) is 24.4 Å². The van der Waals surface area contributed by atoms with Gasteiger partial charge in [0.2, 0.25) is 0 Å². The van der Waals surface area contributed by atoms with Gasteiger partial charge in [-0.3, -0.25) is 9.36 Å². The summed E-state index contributed by atoms with van der Waals surface area (Å²) >= 11 is 0. The zero-order chi connectivity index (χ0) is 18.5. The van der Waals surface area contributed by atoms with E-state index in [1.54, 1.807) is 6.92 Å². The quantitative estimate of drug-likeness (QED) is 0.337. The van der Waals surface area contributed by atoms with E-state index in [0.29, 0.717) is 18.7 Å². The van der Waals surface area contributed by atoms with Crippen molar-refractivity contribution >= 4 is 5.97 Å². The summed E-state index contributed by atoms with van der Waals surface area (Å²) in [6.07, 6.45) is 11.1. The second-order valence-corrected chi connectivity index (χ2v) is 6.37. The van der Waals surface area contributed by atoms with Crippen molar-refractivity contribution in [2.45, 2.75) is 71.3 Å². The molecule has 0 saturated carbocycles. The number of hydrogen-bond donors (Lipinski definition) is 1. The van der Waals surface area contributed by atoms with Crippen molar-refractivity contribution in [3.05, 3.63) is 45.3 Å². The van der Waals surface area contributed by atoms with Crippen molar-refractivity contribution in [1.82, 2.24) is 9.55 Å². The van der Waals surface area contributed by atoms with Crippen LogP contribution in [0.15, 0.2) is 34.0 Å². The number of H-pyrrole nitrogens is 1. The van der Waals surface area contributed by atoms with E-state index in [2.05, 4.69) is 11.6 Å². The summed E-state index contributed by atoms with van der Waals surface area (Å²) in [5.41, 5.74) is -0.124. The molecule has 0 aliphatic heterocycles. The van der Waals surface area contributed by atoms with Crippen molar-refractivity contribution in [3.8, 4) is 0 Å². The molecule has 0 aliphatic rings. The van der Waals surface area contributed by atoms with Gasteiger partial charge in [0.25, 0.3) is 5.56 Å². The van der Waals surface area contributed by atoms with E-state index >= 15 is 0 Å². The fourth-order valence-corrected chi connectivity index (χ4v) is 2.56. The fourth-order valence-electron chi connectivity index (χ4n) is 2.56. The normalized spacial score (nSPS) is 10.6. The molecule has 1 aromatic rings. The highest BCUT2D eigenvalue weighted by Gasteiger charge is 2.02. The van der Waals surface area contributed by atoms with Crippen molar-refractivity contribution in [3.63, 3.8) is 0 Å². The summed E-state index contributed by atoms with van der Waals surface area (Å²) in [6, 6.07) is 1.38. The Bertz CT molecular complexity index is 617. The van der Waals surface area contributed by atoms with Crippen molar-refractivity contribution in [1.29, 1.82) is 0 Å². The molecule has 0 atom stereocenters. The largest absolute Gasteiger partial charge is 0.462 e. The Hall–Kier alpha value is -2.11. The Morgan fingerprint density at radius 2 is 1.60 bits per heavy atom. The zero-order valence-corrected chi connectivity index (χ0v) is 15.2. The highest BCUT2D eigenvalue weighted by molar-refractivity contribution is 5.86. The number of ether oxygens (including phenoxy) is 1. The number of nitrogens with one attached hydrogen (secondary N) is 1. The molecule has 0 spiro atoms. The van der Waals surface area contributed by atoms with Crippen LogP contribution in [0, 0.1) is 0 Å². The lowest BCUT2D eigenvalue weighted by molar-refractivity contribution is -0.139. The van der Waals surface area contributed by atoms with E-state index in [-0.39, 0.29) is 17.2 Å². The molecule has 0 amide bonds. The Labute approximate surface area is 148 Å². The molecule has 0 saturated heterocycles. The summed E-state index contributed by atoms with van der Waals surface area (Å²) < 4.78 is 6.29. The molecule has 0 unspecified atom stereocenters. The summed E-state index contributed by atoms with van der Waals surface area (Å²) in [7, 11) is 0. The van der Waals surface area contributed by atoms with Gasteiger partial charge >= 0.3 is 11.7 Å². The van der Waals surface area contributed by atoms with Crippen LogP contribution in [0.1, 0.15) is 64.7 Å². The number of unbranched alkanes of at least 4 members (excludes halogenated alkanes) is 8. The van der Waals surface area contributed by atoms with E-state index in [1.165, 1.54) is 36.1 Å². The minimum absolute atomic E-state index is 0.238. The highest BCUT2D eigenvalue weighted by atomic mass is 16.5. The van der Waals surface area contributed by atoms with E-state index in [9.17, 15) is 14.4 Å². The maximum absolute atomic E-state index is 11.5. The van der Waals surface area contributed by atoms with Gasteiger partial charge in [-0.2, -0.15) is 0 Å². The number of aromatic nitrogens is 2. The molecule has 140 valence electrons. The molecule has 1 N–H and O–H groups in total. The third-order valence-electron chi connectivity index (χ3n) is 4.05. The summed E-state index contributed by atoms with van der Waals surface area (Å²) in [5.74, 6) is -0.306. The van der Waals surface area contributed by atoms with Gasteiger partial charge in [0.05, 0.1) is 6.61 Å². The molecule has 25 heavy (non-hydrogen) atoms. The van der Waals surface area contributed by atoms with Crippen molar-refractivity contribution < 1.29 is 9.53 Å². The Kier molecular flexibility index (Phi) is 10.3. The standard InChI is InChI=1S/C19H30N2O4/c1-16(2)18(23)25-15-11-9-7-5-3-4-6-8-10-14-21-17(22)12-13-20-19(21)24/h12-13H,1,3-11,14-15H2,2H3,(H,20,24). The second-order valence-electron chi connectivity index (χ2n) is 6.37.